The number of aliphatic hydroxyl groups excluding tert-OH is 1. The van der Waals surface area contributed by atoms with Crippen LogP contribution in [0.15, 0.2) is 0 Å². The van der Waals surface area contributed by atoms with Gasteiger partial charge in [0.15, 0.2) is 0 Å². The normalized spacial score (nSPS) is 10.8. The lowest BCUT2D eigenvalue weighted by atomic mass is 10.1. The zero-order valence-corrected chi connectivity index (χ0v) is 14.5. The molecule has 0 aliphatic rings. The van der Waals surface area contributed by atoms with Crippen LogP contribution in [-0.2, 0) is 14.3 Å². The van der Waals surface area contributed by atoms with Gasteiger partial charge in [-0.1, -0.05) is 58.3 Å². The predicted octanol–water partition coefficient (Wildman–Crippen LogP) is 4.24. The summed E-state index contributed by atoms with van der Waals surface area (Å²) in [6.45, 7) is 4.00. The molecule has 0 saturated heterocycles. The molecule has 1 N–H and O–H groups in total. The van der Waals surface area contributed by atoms with E-state index >= 15 is 0 Å². The molecule has 0 atom stereocenters. The lowest BCUT2D eigenvalue weighted by Gasteiger charge is -2.06. The highest BCUT2D eigenvalue weighted by Gasteiger charge is 2.02. The Balaban J connectivity index is 3.13. The third-order valence-electron chi connectivity index (χ3n) is 3.63. The first kappa shape index (κ1) is 21.4. The van der Waals surface area contributed by atoms with Crippen LogP contribution >= 0.6 is 0 Å². The van der Waals surface area contributed by atoms with Gasteiger partial charge in [-0.2, -0.15) is 0 Å². The van der Waals surface area contributed by atoms with Crippen LogP contribution in [0.2, 0.25) is 0 Å². The second-order valence-corrected chi connectivity index (χ2v) is 5.84. The Morgan fingerprint density at radius 3 is 2.00 bits per heavy atom. The Morgan fingerprint density at radius 2 is 1.36 bits per heavy atom. The molecule has 0 aromatic heterocycles. The number of carbonyl (C=O) groups is 1. The van der Waals surface area contributed by atoms with Crippen LogP contribution in [0.5, 0.6) is 0 Å². The number of unbranched alkanes of at least 4 members (excludes halogenated alkanes) is 8. The molecule has 0 aliphatic heterocycles. The molecular formula is C18H36O4. The first-order chi connectivity index (χ1) is 10.8. The van der Waals surface area contributed by atoms with Crippen molar-refractivity contribution in [2.24, 2.45) is 0 Å². The highest BCUT2D eigenvalue weighted by Crippen LogP contribution is 2.10. The molecule has 0 rings (SSSR count). The fourth-order valence-corrected chi connectivity index (χ4v) is 2.27. The van der Waals surface area contributed by atoms with E-state index in [1.54, 1.807) is 0 Å². The minimum atomic E-state index is -0.0849. The van der Waals surface area contributed by atoms with Crippen LogP contribution in [0.3, 0.4) is 0 Å². The van der Waals surface area contributed by atoms with E-state index in [1.165, 1.54) is 44.9 Å². The smallest absolute Gasteiger partial charge is 0.305 e. The maximum absolute atomic E-state index is 11.5. The van der Waals surface area contributed by atoms with Crippen molar-refractivity contribution in [1.29, 1.82) is 0 Å². The van der Waals surface area contributed by atoms with Crippen molar-refractivity contribution in [3.8, 4) is 0 Å². The number of ether oxygens (including phenoxy) is 2. The van der Waals surface area contributed by atoms with Gasteiger partial charge in [-0.3, -0.25) is 4.79 Å². The van der Waals surface area contributed by atoms with Gasteiger partial charge in [-0.25, -0.2) is 0 Å². The first-order valence-electron chi connectivity index (χ1n) is 9.15. The summed E-state index contributed by atoms with van der Waals surface area (Å²) < 4.78 is 10.4. The molecule has 0 radical (unpaired) electrons. The summed E-state index contributed by atoms with van der Waals surface area (Å²) in [6.07, 6.45) is 13.3. The van der Waals surface area contributed by atoms with Gasteiger partial charge < -0.3 is 14.6 Å². The Bertz CT molecular complexity index is 231. The van der Waals surface area contributed by atoms with Gasteiger partial charge in [0, 0.05) is 32.7 Å². The van der Waals surface area contributed by atoms with Crippen LogP contribution in [0.25, 0.3) is 0 Å². The van der Waals surface area contributed by atoms with Crippen LogP contribution in [0.4, 0.5) is 0 Å². The van der Waals surface area contributed by atoms with Crippen LogP contribution in [-0.4, -0.2) is 37.5 Å². The lowest BCUT2D eigenvalue weighted by molar-refractivity contribution is -0.144. The highest BCUT2D eigenvalue weighted by molar-refractivity contribution is 5.69. The topological polar surface area (TPSA) is 55.8 Å². The SMILES string of the molecule is CCCCCCCCCCCC(=O)OCCCOCCCO. The predicted molar refractivity (Wildman–Crippen MR) is 89.9 cm³/mol. The van der Waals surface area contributed by atoms with Crippen LogP contribution in [0, 0.1) is 0 Å². The monoisotopic (exact) mass is 316 g/mol. The molecule has 0 aliphatic carbocycles. The van der Waals surface area contributed by atoms with Crippen molar-refractivity contribution in [1.82, 2.24) is 0 Å². The molecule has 0 spiro atoms. The number of esters is 1. The second kappa shape index (κ2) is 18.4. The van der Waals surface area contributed by atoms with E-state index in [9.17, 15) is 4.79 Å². The Morgan fingerprint density at radius 1 is 0.773 bits per heavy atom. The Labute approximate surface area is 136 Å². The number of hydrogen-bond acceptors (Lipinski definition) is 4. The standard InChI is InChI=1S/C18H36O4/c1-2-3-4-5-6-7-8-9-10-13-18(20)22-17-12-16-21-15-11-14-19/h19H,2-17H2,1H3. The average molecular weight is 316 g/mol. The van der Waals surface area contributed by atoms with Gasteiger partial charge >= 0.3 is 5.97 Å². The molecule has 0 heterocycles. The van der Waals surface area contributed by atoms with Gasteiger partial charge in [-0.15, -0.1) is 0 Å². The van der Waals surface area contributed by atoms with Crippen LogP contribution in [0.1, 0.15) is 84.0 Å². The third kappa shape index (κ3) is 17.4. The zero-order valence-electron chi connectivity index (χ0n) is 14.5. The molecule has 0 aromatic rings. The summed E-state index contributed by atoms with van der Waals surface area (Å²) in [5.74, 6) is -0.0849. The van der Waals surface area contributed by atoms with Crippen molar-refractivity contribution in [2.45, 2.75) is 84.0 Å². The fourth-order valence-electron chi connectivity index (χ4n) is 2.27. The highest BCUT2D eigenvalue weighted by atomic mass is 16.5. The zero-order chi connectivity index (χ0) is 16.3. The van der Waals surface area contributed by atoms with Crippen molar-refractivity contribution >= 4 is 5.97 Å². The molecule has 22 heavy (non-hydrogen) atoms. The number of carbonyl (C=O) groups excluding carboxylic acids is 1. The van der Waals surface area contributed by atoms with Crippen LogP contribution < -0.4 is 0 Å². The van der Waals surface area contributed by atoms with E-state index in [1.807, 2.05) is 0 Å². The van der Waals surface area contributed by atoms with Gasteiger partial charge in [0.05, 0.1) is 6.61 Å². The molecule has 0 amide bonds. The van der Waals surface area contributed by atoms with E-state index in [4.69, 9.17) is 14.6 Å². The summed E-state index contributed by atoms with van der Waals surface area (Å²) in [6, 6.07) is 0. The third-order valence-corrected chi connectivity index (χ3v) is 3.63. The second-order valence-electron chi connectivity index (χ2n) is 5.84. The van der Waals surface area contributed by atoms with Gasteiger partial charge in [-0.05, 0) is 12.8 Å². The van der Waals surface area contributed by atoms with Gasteiger partial charge in [0.25, 0.3) is 0 Å². The number of hydrogen-bond donors (Lipinski definition) is 1. The Hall–Kier alpha value is -0.610. The van der Waals surface area contributed by atoms with Crippen molar-refractivity contribution in [2.75, 3.05) is 26.4 Å². The van der Waals surface area contributed by atoms with Crippen molar-refractivity contribution in [3.63, 3.8) is 0 Å². The van der Waals surface area contributed by atoms with E-state index in [-0.39, 0.29) is 12.6 Å². The maximum Gasteiger partial charge on any atom is 0.305 e. The Kier molecular flexibility index (Phi) is 17.9. The maximum atomic E-state index is 11.5. The van der Waals surface area contributed by atoms with E-state index in [0.717, 1.165) is 19.3 Å². The van der Waals surface area contributed by atoms with E-state index < -0.39 is 0 Å². The summed E-state index contributed by atoms with van der Waals surface area (Å²) in [4.78, 5) is 11.5. The summed E-state index contributed by atoms with van der Waals surface area (Å²) >= 11 is 0. The molecule has 0 bridgehead atoms. The molecular weight excluding hydrogens is 280 g/mol. The van der Waals surface area contributed by atoms with E-state index in [0.29, 0.717) is 32.7 Å². The minimum absolute atomic E-state index is 0.0849. The summed E-state index contributed by atoms with van der Waals surface area (Å²) in [5.41, 5.74) is 0. The van der Waals surface area contributed by atoms with Crippen molar-refractivity contribution < 1.29 is 19.4 Å². The fraction of sp³-hybridized carbons (Fsp3) is 0.944. The number of aliphatic hydroxyl groups is 1. The molecule has 132 valence electrons. The molecule has 4 heteroatoms. The molecule has 0 aromatic carbocycles. The quantitative estimate of drug-likeness (QED) is 0.322. The van der Waals surface area contributed by atoms with Gasteiger partial charge in [0.2, 0.25) is 0 Å². The number of rotatable bonds is 17. The van der Waals surface area contributed by atoms with Gasteiger partial charge in [0.1, 0.15) is 0 Å². The largest absolute Gasteiger partial charge is 0.466 e. The van der Waals surface area contributed by atoms with Crippen molar-refractivity contribution in [3.05, 3.63) is 0 Å². The molecule has 0 saturated carbocycles. The summed E-state index contributed by atoms with van der Waals surface area (Å²) in [7, 11) is 0. The summed E-state index contributed by atoms with van der Waals surface area (Å²) in [5, 5.41) is 8.58. The molecule has 0 fully saturated rings. The average Bonchev–Trinajstić information content (AvgIpc) is 2.52. The minimum Gasteiger partial charge on any atom is -0.466 e. The molecule has 4 nitrogen and oxygen atoms in total. The molecule has 0 unspecified atom stereocenters. The lowest BCUT2D eigenvalue weighted by Crippen LogP contribution is -2.08. The first-order valence-corrected chi connectivity index (χ1v) is 9.15. The van der Waals surface area contributed by atoms with E-state index in [2.05, 4.69) is 6.92 Å².